The first-order valence-corrected chi connectivity index (χ1v) is 9.95. The molecule has 0 bridgehead atoms. The zero-order chi connectivity index (χ0) is 23.1. The molecule has 1 unspecified atom stereocenters. The SMILES string of the molecule is CN.O=Cc1cc(-c2ccc(OC(F)(F)F)cc2)nc2c(NC3CCCNC3)ncnc12. The van der Waals surface area contributed by atoms with Crippen molar-refractivity contribution >= 4 is 23.1 Å². The number of nitrogens with one attached hydrogen (secondary N) is 2. The van der Waals surface area contributed by atoms with Crippen LogP contribution < -0.4 is 21.1 Å². The summed E-state index contributed by atoms with van der Waals surface area (Å²) in [5, 5.41) is 6.66. The van der Waals surface area contributed by atoms with Gasteiger partial charge < -0.3 is 21.1 Å². The Bertz CT molecular complexity index is 1050. The Morgan fingerprint density at radius 2 is 1.94 bits per heavy atom. The number of piperidine rings is 1. The second-order valence-electron chi connectivity index (χ2n) is 6.89. The van der Waals surface area contributed by atoms with Gasteiger partial charge in [-0.15, -0.1) is 13.2 Å². The summed E-state index contributed by atoms with van der Waals surface area (Å²) in [5.74, 6) is 0.175. The number of halogens is 3. The second-order valence-corrected chi connectivity index (χ2v) is 6.89. The molecular weight excluding hydrogens is 425 g/mol. The number of hydrogen-bond donors (Lipinski definition) is 3. The van der Waals surface area contributed by atoms with Crippen molar-refractivity contribution < 1.29 is 22.7 Å². The van der Waals surface area contributed by atoms with Crippen molar-refractivity contribution in [3.63, 3.8) is 0 Å². The number of benzene rings is 1. The smallest absolute Gasteiger partial charge is 0.406 e. The molecule has 0 aliphatic carbocycles. The lowest BCUT2D eigenvalue weighted by atomic mass is 10.1. The summed E-state index contributed by atoms with van der Waals surface area (Å²) in [7, 11) is 1.50. The molecule has 4 N–H and O–H groups in total. The fourth-order valence-electron chi connectivity index (χ4n) is 3.40. The second kappa shape index (κ2) is 10.3. The summed E-state index contributed by atoms with van der Waals surface area (Å²) in [6, 6.07) is 7.01. The number of nitrogens with two attached hydrogens (primary N) is 1. The van der Waals surface area contributed by atoms with Crippen LogP contribution in [0.1, 0.15) is 23.2 Å². The lowest BCUT2D eigenvalue weighted by molar-refractivity contribution is -0.274. The summed E-state index contributed by atoms with van der Waals surface area (Å²) < 4.78 is 41.0. The molecule has 0 spiro atoms. The molecular formula is C21H23F3N6O2. The normalized spacial score (nSPS) is 16.1. The van der Waals surface area contributed by atoms with E-state index in [0.29, 0.717) is 40.0 Å². The van der Waals surface area contributed by atoms with Crippen LogP contribution >= 0.6 is 0 Å². The van der Waals surface area contributed by atoms with E-state index < -0.39 is 6.36 Å². The molecule has 1 aliphatic rings. The lowest BCUT2D eigenvalue weighted by Gasteiger charge is -2.24. The molecule has 1 aromatic carbocycles. The number of alkyl halides is 3. The zero-order valence-electron chi connectivity index (χ0n) is 17.3. The topological polar surface area (TPSA) is 115 Å². The number of pyridine rings is 1. The third kappa shape index (κ3) is 5.68. The molecule has 0 amide bonds. The van der Waals surface area contributed by atoms with Crippen LogP contribution in [0.15, 0.2) is 36.7 Å². The minimum atomic E-state index is -4.76. The summed E-state index contributed by atoms with van der Waals surface area (Å²) in [5.41, 5.74) is 6.61. The van der Waals surface area contributed by atoms with Crippen LogP contribution in [0.3, 0.4) is 0 Å². The largest absolute Gasteiger partial charge is 0.573 e. The fraction of sp³-hybridized carbons (Fsp3) is 0.333. The molecule has 3 aromatic rings. The molecule has 1 saturated heterocycles. The van der Waals surface area contributed by atoms with Gasteiger partial charge in [0.1, 0.15) is 23.1 Å². The molecule has 8 nitrogen and oxygen atoms in total. The van der Waals surface area contributed by atoms with Crippen LogP contribution in [0.4, 0.5) is 19.0 Å². The molecule has 4 rings (SSSR count). The van der Waals surface area contributed by atoms with Gasteiger partial charge in [0.05, 0.1) is 5.69 Å². The first-order chi connectivity index (χ1) is 15.4. The van der Waals surface area contributed by atoms with E-state index in [9.17, 15) is 18.0 Å². The summed E-state index contributed by atoms with van der Waals surface area (Å²) in [6.07, 6.45) is -0.712. The van der Waals surface area contributed by atoms with Crippen LogP contribution in [0.25, 0.3) is 22.3 Å². The van der Waals surface area contributed by atoms with Crippen molar-refractivity contribution in [2.24, 2.45) is 5.73 Å². The summed E-state index contributed by atoms with van der Waals surface area (Å²) in [6.45, 7) is 1.75. The number of fused-ring (bicyclic) bond motifs is 1. The number of rotatable bonds is 5. The summed E-state index contributed by atoms with van der Waals surface area (Å²) in [4.78, 5) is 24.7. The molecule has 0 radical (unpaired) electrons. The molecule has 2 aromatic heterocycles. The maximum atomic E-state index is 12.4. The van der Waals surface area contributed by atoms with Crippen molar-refractivity contribution in [3.8, 4) is 17.0 Å². The Balaban J connectivity index is 0.00000141. The van der Waals surface area contributed by atoms with Gasteiger partial charge in [0.2, 0.25) is 0 Å². The highest BCUT2D eigenvalue weighted by Gasteiger charge is 2.31. The quantitative estimate of drug-likeness (QED) is 0.510. The minimum absolute atomic E-state index is 0.167. The van der Waals surface area contributed by atoms with E-state index in [4.69, 9.17) is 0 Å². The van der Waals surface area contributed by atoms with Gasteiger partial charge in [-0.25, -0.2) is 15.0 Å². The van der Waals surface area contributed by atoms with Crippen LogP contribution in [-0.4, -0.2) is 53.8 Å². The zero-order valence-corrected chi connectivity index (χ0v) is 17.3. The van der Waals surface area contributed by atoms with Crippen molar-refractivity contribution in [3.05, 3.63) is 42.2 Å². The van der Waals surface area contributed by atoms with Crippen molar-refractivity contribution in [2.75, 3.05) is 25.5 Å². The number of nitrogens with zero attached hydrogens (tertiary/aromatic N) is 3. The number of aldehydes is 1. The number of anilines is 1. The Hall–Kier alpha value is -3.31. The lowest BCUT2D eigenvalue weighted by Crippen LogP contribution is -2.38. The average molecular weight is 448 g/mol. The van der Waals surface area contributed by atoms with Gasteiger partial charge in [-0.05, 0) is 56.8 Å². The van der Waals surface area contributed by atoms with Crippen molar-refractivity contribution in [1.29, 1.82) is 0 Å². The predicted octanol–water partition coefficient (Wildman–Crippen LogP) is 3.14. The Morgan fingerprint density at radius 3 is 2.56 bits per heavy atom. The number of carbonyl (C=O) groups is 1. The van der Waals surface area contributed by atoms with Gasteiger partial charge in [-0.1, -0.05) is 0 Å². The average Bonchev–Trinajstić information content (AvgIpc) is 2.80. The Kier molecular flexibility index (Phi) is 7.54. The van der Waals surface area contributed by atoms with Crippen LogP contribution in [0.5, 0.6) is 5.75 Å². The third-order valence-electron chi connectivity index (χ3n) is 4.77. The first-order valence-electron chi connectivity index (χ1n) is 9.95. The van der Waals surface area contributed by atoms with Crippen LogP contribution in [-0.2, 0) is 0 Å². The number of ether oxygens (including phenoxy) is 1. The molecule has 11 heteroatoms. The third-order valence-corrected chi connectivity index (χ3v) is 4.77. The van der Waals surface area contributed by atoms with E-state index in [1.165, 1.54) is 37.6 Å². The highest BCUT2D eigenvalue weighted by molar-refractivity contribution is 5.99. The van der Waals surface area contributed by atoms with E-state index in [-0.39, 0.29) is 11.8 Å². The maximum Gasteiger partial charge on any atom is 0.573 e. The van der Waals surface area contributed by atoms with Gasteiger partial charge >= 0.3 is 6.36 Å². The molecule has 32 heavy (non-hydrogen) atoms. The van der Waals surface area contributed by atoms with E-state index in [1.807, 2.05) is 0 Å². The number of carbonyl (C=O) groups excluding carboxylic acids is 1. The first kappa shape index (κ1) is 23.4. The molecule has 170 valence electrons. The molecule has 0 saturated carbocycles. The number of hydrogen-bond acceptors (Lipinski definition) is 8. The maximum absolute atomic E-state index is 12.4. The van der Waals surface area contributed by atoms with Gasteiger partial charge in [0.25, 0.3) is 0 Å². The standard InChI is InChI=1S/C20H18F3N5O2.CH5N/c21-20(22,23)30-15-5-3-12(4-6-15)16-8-13(10-29)17-18(28-16)19(26-11-25-17)27-14-2-1-7-24-9-14;1-2/h3-6,8,10-11,14,24H,1-2,7,9H2,(H,25,26,27);2H2,1H3. The van der Waals surface area contributed by atoms with E-state index in [2.05, 4.69) is 36.1 Å². The monoisotopic (exact) mass is 448 g/mol. The summed E-state index contributed by atoms with van der Waals surface area (Å²) >= 11 is 0. The predicted molar refractivity (Wildman–Crippen MR) is 114 cm³/mol. The van der Waals surface area contributed by atoms with E-state index in [0.717, 1.165) is 25.9 Å². The van der Waals surface area contributed by atoms with Gasteiger partial charge in [-0.2, -0.15) is 0 Å². The van der Waals surface area contributed by atoms with Crippen LogP contribution in [0.2, 0.25) is 0 Å². The Morgan fingerprint density at radius 1 is 1.19 bits per heavy atom. The van der Waals surface area contributed by atoms with Gasteiger partial charge in [0.15, 0.2) is 12.1 Å². The van der Waals surface area contributed by atoms with Crippen molar-refractivity contribution in [2.45, 2.75) is 25.2 Å². The van der Waals surface area contributed by atoms with Crippen LogP contribution in [0, 0.1) is 0 Å². The Labute approximate surface area is 182 Å². The van der Waals surface area contributed by atoms with E-state index in [1.54, 1.807) is 6.07 Å². The highest BCUT2D eigenvalue weighted by atomic mass is 19.4. The van der Waals surface area contributed by atoms with Crippen molar-refractivity contribution in [1.82, 2.24) is 20.3 Å². The minimum Gasteiger partial charge on any atom is -0.406 e. The van der Waals surface area contributed by atoms with Gasteiger partial charge in [-0.3, -0.25) is 4.79 Å². The number of aromatic nitrogens is 3. The van der Waals surface area contributed by atoms with E-state index >= 15 is 0 Å². The fourth-order valence-corrected chi connectivity index (χ4v) is 3.40. The van der Waals surface area contributed by atoms with Gasteiger partial charge in [0, 0.05) is 23.7 Å². The molecule has 1 atom stereocenters. The highest BCUT2D eigenvalue weighted by Crippen LogP contribution is 2.29. The molecule has 3 heterocycles. The molecule has 1 aliphatic heterocycles. The molecule has 1 fully saturated rings.